The standard InChI is InChI=1S/C28H25NO6/c1-3-4-17-33-21-15-11-20(12-16-21)26-29-24(28(31)35-26)18-19-9-13-22(14-10-19)34-27(30)23-7-5-6-8-25(23)32-2/h5-16,18H,3-4,17H2,1-2H3/b24-18-. The van der Waals surface area contributed by atoms with Gasteiger partial charge < -0.3 is 18.9 Å². The van der Waals surface area contributed by atoms with Crippen LogP contribution in [0, 0.1) is 0 Å². The molecule has 0 atom stereocenters. The first-order chi connectivity index (χ1) is 17.1. The van der Waals surface area contributed by atoms with E-state index in [1.165, 1.54) is 7.11 Å². The summed E-state index contributed by atoms with van der Waals surface area (Å²) in [4.78, 5) is 29.1. The van der Waals surface area contributed by atoms with Crippen molar-refractivity contribution in [1.82, 2.24) is 0 Å². The molecular weight excluding hydrogens is 446 g/mol. The molecule has 3 aromatic carbocycles. The minimum atomic E-state index is -0.532. The fourth-order valence-corrected chi connectivity index (χ4v) is 3.33. The number of carbonyl (C=O) groups excluding carboxylic acids is 2. The van der Waals surface area contributed by atoms with Gasteiger partial charge in [-0.15, -0.1) is 0 Å². The maximum Gasteiger partial charge on any atom is 0.363 e. The Balaban J connectivity index is 1.43. The molecule has 0 aliphatic carbocycles. The summed E-state index contributed by atoms with van der Waals surface area (Å²) in [5.74, 6) is 0.741. The molecule has 4 rings (SSSR count). The molecule has 0 spiro atoms. The highest BCUT2D eigenvalue weighted by molar-refractivity contribution is 6.12. The molecule has 3 aromatic rings. The predicted molar refractivity (Wildman–Crippen MR) is 132 cm³/mol. The van der Waals surface area contributed by atoms with E-state index in [9.17, 15) is 9.59 Å². The van der Waals surface area contributed by atoms with Gasteiger partial charge >= 0.3 is 11.9 Å². The van der Waals surface area contributed by atoms with Crippen molar-refractivity contribution in [2.45, 2.75) is 19.8 Å². The van der Waals surface area contributed by atoms with Gasteiger partial charge in [0.15, 0.2) is 5.70 Å². The van der Waals surface area contributed by atoms with Gasteiger partial charge in [0, 0.05) is 5.56 Å². The fourth-order valence-electron chi connectivity index (χ4n) is 3.33. The van der Waals surface area contributed by atoms with Gasteiger partial charge in [0.1, 0.15) is 22.8 Å². The van der Waals surface area contributed by atoms with E-state index >= 15 is 0 Å². The Kier molecular flexibility index (Phi) is 7.57. The van der Waals surface area contributed by atoms with Crippen molar-refractivity contribution in [3.8, 4) is 17.2 Å². The van der Waals surface area contributed by atoms with Crippen LogP contribution < -0.4 is 14.2 Å². The Hall–Kier alpha value is -4.39. The van der Waals surface area contributed by atoms with Crippen molar-refractivity contribution in [3.63, 3.8) is 0 Å². The largest absolute Gasteiger partial charge is 0.496 e. The lowest BCUT2D eigenvalue weighted by atomic mass is 10.2. The van der Waals surface area contributed by atoms with Gasteiger partial charge in [-0.1, -0.05) is 37.6 Å². The number of benzene rings is 3. The molecule has 0 N–H and O–H groups in total. The molecule has 0 saturated heterocycles. The molecule has 0 unspecified atom stereocenters. The van der Waals surface area contributed by atoms with Crippen molar-refractivity contribution in [2.24, 2.45) is 4.99 Å². The van der Waals surface area contributed by atoms with Crippen LogP contribution in [0.15, 0.2) is 83.5 Å². The predicted octanol–water partition coefficient (Wildman–Crippen LogP) is 5.44. The first kappa shape index (κ1) is 23.8. The Labute approximate surface area is 203 Å². The lowest BCUT2D eigenvalue weighted by Gasteiger charge is -2.08. The maximum atomic E-state index is 12.5. The van der Waals surface area contributed by atoms with Crippen LogP contribution in [0.5, 0.6) is 17.2 Å². The number of nitrogens with zero attached hydrogens (tertiary/aromatic N) is 1. The molecular formula is C28H25NO6. The van der Waals surface area contributed by atoms with E-state index in [0.717, 1.165) is 18.6 Å². The quantitative estimate of drug-likeness (QED) is 0.179. The van der Waals surface area contributed by atoms with Crippen molar-refractivity contribution >= 4 is 23.9 Å². The van der Waals surface area contributed by atoms with Crippen molar-refractivity contribution in [1.29, 1.82) is 0 Å². The van der Waals surface area contributed by atoms with Crippen LogP contribution in [0.4, 0.5) is 0 Å². The highest BCUT2D eigenvalue weighted by atomic mass is 16.6. The average molecular weight is 472 g/mol. The molecule has 1 heterocycles. The van der Waals surface area contributed by atoms with Crippen LogP contribution in [0.1, 0.15) is 41.3 Å². The molecule has 0 saturated carbocycles. The normalized spacial score (nSPS) is 13.8. The summed E-state index contributed by atoms with van der Waals surface area (Å²) < 4.78 is 21.6. The van der Waals surface area contributed by atoms with Crippen LogP contribution in [-0.4, -0.2) is 31.6 Å². The molecule has 35 heavy (non-hydrogen) atoms. The second-order valence-electron chi connectivity index (χ2n) is 7.72. The SMILES string of the molecule is CCCCOc1ccc(C2=N/C(=C\c3ccc(OC(=O)c4ccccc4OC)cc3)C(=O)O2)cc1. The number of aliphatic imine (C=N–C) groups is 1. The number of cyclic esters (lactones) is 1. The first-order valence-electron chi connectivity index (χ1n) is 11.3. The number of methoxy groups -OCH3 is 1. The van der Waals surface area contributed by atoms with Crippen molar-refractivity contribution in [3.05, 3.63) is 95.2 Å². The van der Waals surface area contributed by atoms with Gasteiger partial charge in [0.25, 0.3) is 0 Å². The van der Waals surface area contributed by atoms with Gasteiger partial charge in [-0.25, -0.2) is 14.6 Å². The zero-order valence-corrected chi connectivity index (χ0v) is 19.5. The lowest BCUT2D eigenvalue weighted by molar-refractivity contribution is -0.129. The summed E-state index contributed by atoms with van der Waals surface area (Å²) in [7, 11) is 1.49. The highest BCUT2D eigenvalue weighted by Crippen LogP contribution is 2.24. The van der Waals surface area contributed by atoms with Gasteiger partial charge in [-0.2, -0.15) is 0 Å². The van der Waals surface area contributed by atoms with Crippen molar-refractivity contribution in [2.75, 3.05) is 13.7 Å². The second-order valence-corrected chi connectivity index (χ2v) is 7.72. The van der Waals surface area contributed by atoms with Crippen LogP contribution in [0.25, 0.3) is 6.08 Å². The molecule has 1 aliphatic rings. The molecule has 0 radical (unpaired) electrons. The first-order valence-corrected chi connectivity index (χ1v) is 11.3. The van der Waals surface area contributed by atoms with Crippen LogP contribution in [-0.2, 0) is 9.53 Å². The molecule has 7 nitrogen and oxygen atoms in total. The molecule has 1 aliphatic heterocycles. The minimum Gasteiger partial charge on any atom is -0.496 e. The number of carbonyl (C=O) groups is 2. The van der Waals surface area contributed by atoms with E-state index in [2.05, 4.69) is 11.9 Å². The Morgan fingerprint density at radius 3 is 2.40 bits per heavy atom. The molecule has 0 bridgehead atoms. The molecule has 0 amide bonds. The van der Waals surface area contributed by atoms with Gasteiger partial charge in [0.2, 0.25) is 5.90 Å². The van der Waals surface area contributed by atoms with Gasteiger partial charge in [-0.05, 0) is 66.6 Å². The summed E-state index contributed by atoms with van der Waals surface area (Å²) >= 11 is 0. The van der Waals surface area contributed by atoms with E-state index in [0.29, 0.717) is 34.8 Å². The second kappa shape index (κ2) is 11.2. The lowest BCUT2D eigenvalue weighted by Crippen LogP contribution is -2.09. The van der Waals surface area contributed by atoms with E-state index in [4.69, 9.17) is 18.9 Å². The molecule has 178 valence electrons. The fraction of sp³-hybridized carbons (Fsp3) is 0.179. The summed E-state index contributed by atoms with van der Waals surface area (Å²) in [5, 5.41) is 0. The molecule has 0 aromatic heterocycles. The number of para-hydroxylation sites is 1. The highest BCUT2D eigenvalue weighted by Gasteiger charge is 2.24. The van der Waals surface area contributed by atoms with E-state index in [1.54, 1.807) is 66.7 Å². The number of hydrogen-bond donors (Lipinski definition) is 0. The minimum absolute atomic E-state index is 0.182. The van der Waals surface area contributed by atoms with E-state index in [-0.39, 0.29) is 11.6 Å². The van der Waals surface area contributed by atoms with Gasteiger partial charge in [0.05, 0.1) is 13.7 Å². The van der Waals surface area contributed by atoms with Crippen LogP contribution in [0.3, 0.4) is 0 Å². The monoisotopic (exact) mass is 471 g/mol. The zero-order valence-electron chi connectivity index (χ0n) is 19.5. The smallest absolute Gasteiger partial charge is 0.363 e. The number of ether oxygens (including phenoxy) is 4. The maximum absolute atomic E-state index is 12.5. The van der Waals surface area contributed by atoms with E-state index in [1.807, 2.05) is 12.1 Å². The Morgan fingerprint density at radius 2 is 1.69 bits per heavy atom. The number of unbranched alkanes of at least 4 members (excludes halogenated alkanes) is 1. The summed E-state index contributed by atoms with van der Waals surface area (Å²) in [6, 6.07) is 20.8. The topological polar surface area (TPSA) is 83.4 Å². The summed E-state index contributed by atoms with van der Waals surface area (Å²) in [6.07, 6.45) is 3.67. The third-order valence-electron chi connectivity index (χ3n) is 5.21. The van der Waals surface area contributed by atoms with Crippen molar-refractivity contribution < 1.29 is 28.5 Å². The number of esters is 2. The number of rotatable bonds is 9. The Bertz CT molecular complexity index is 1260. The average Bonchev–Trinajstić information content (AvgIpc) is 3.25. The number of hydrogen-bond acceptors (Lipinski definition) is 7. The van der Waals surface area contributed by atoms with E-state index < -0.39 is 11.9 Å². The Morgan fingerprint density at radius 1 is 0.971 bits per heavy atom. The third-order valence-corrected chi connectivity index (χ3v) is 5.21. The van der Waals surface area contributed by atoms with Gasteiger partial charge in [-0.3, -0.25) is 0 Å². The third kappa shape index (κ3) is 5.95. The molecule has 0 fully saturated rings. The summed E-state index contributed by atoms with van der Waals surface area (Å²) in [6.45, 7) is 2.77. The van der Waals surface area contributed by atoms with Crippen LogP contribution >= 0.6 is 0 Å². The molecule has 7 heteroatoms. The summed E-state index contributed by atoms with van der Waals surface area (Å²) in [5.41, 5.74) is 1.90. The van der Waals surface area contributed by atoms with Crippen LogP contribution in [0.2, 0.25) is 0 Å². The zero-order chi connectivity index (χ0) is 24.6.